The minimum Gasteiger partial charge on any atom is -0.478 e. The van der Waals surface area contributed by atoms with Gasteiger partial charge in [-0.05, 0) is 43.3 Å². The Hall–Kier alpha value is -3.97. The predicted octanol–water partition coefficient (Wildman–Crippen LogP) is 6.12. The molecule has 0 spiro atoms. The fourth-order valence-corrected chi connectivity index (χ4v) is 3.68. The van der Waals surface area contributed by atoms with E-state index in [0.717, 1.165) is 22.9 Å². The molecule has 1 aliphatic heterocycles. The Labute approximate surface area is 199 Å². The number of carboxylic acids is 1. The zero-order valence-corrected chi connectivity index (χ0v) is 18.7. The minimum atomic E-state index is -0.930. The average Bonchev–Trinajstić information content (AvgIpc) is 2.98. The van der Waals surface area contributed by atoms with E-state index in [4.69, 9.17) is 16.7 Å². The number of hydrogen-bond acceptors (Lipinski definition) is 4. The summed E-state index contributed by atoms with van der Waals surface area (Å²) in [6, 6.07) is 17.6. The molecule has 3 aromatic carbocycles. The Bertz CT molecular complexity index is 1410. The molecule has 0 aliphatic carbocycles. The third kappa shape index (κ3) is 4.84. The summed E-state index contributed by atoms with van der Waals surface area (Å²) in [5.74, 6) is -2.10. The molecule has 4 aromatic rings. The van der Waals surface area contributed by atoms with Gasteiger partial charge in [-0.2, -0.15) is 0 Å². The van der Waals surface area contributed by atoms with Crippen LogP contribution in [0, 0.1) is 18.6 Å². The number of carboxylic acid groups (broad SMARTS) is 1. The van der Waals surface area contributed by atoms with Crippen LogP contribution >= 0.6 is 11.6 Å². The van der Waals surface area contributed by atoms with E-state index in [9.17, 15) is 13.6 Å². The molecule has 0 amide bonds. The summed E-state index contributed by atoms with van der Waals surface area (Å²) in [7, 11) is 0. The lowest BCUT2D eigenvalue weighted by atomic mass is 9.95. The van der Waals surface area contributed by atoms with Crippen LogP contribution in [0.4, 0.5) is 8.78 Å². The molecule has 0 fully saturated rings. The lowest BCUT2D eigenvalue weighted by molar-refractivity contribution is 0.0697. The van der Waals surface area contributed by atoms with Crippen molar-refractivity contribution in [2.45, 2.75) is 13.5 Å². The van der Waals surface area contributed by atoms with E-state index >= 15 is 0 Å². The molecule has 1 N–H and O–H groups in total. The van der Waals surface area contributed by atoms with Crippen molar-refractivity contribution in [1.82, 2.24) is 9.97 Å². The molecule has 2 heterocycles. The van der Waals surface area contributed by atoms with Crippen molar-refractivity contribution in [3.63, 3.8) is 0 Å². The minimum absolute atomic E-state index is 0.0982. The van der Waals surface area contributed by atoms with E-state index in [1.807, 2.05) is 6.07 Å². The summed E-state index contributed by atoms with van der Waals surface area (Å²) in [6.07, 6.45) is 1.71. The fourth-order valence-electron chi connectivity index (χ4n) is 3.51. The van der Waals surface area contributed by atoms with Crippen molar-refractivity contribution in [2.24, 2.45) is 4.99 Å². The lowest BCUT2D eigenvalue weighted by Gasteiger charge is -2.12. The molecule has 1 aliphatic rings. The predicted molar refractivity (Wildman–Crippen MR) is 126 cm³/mol. The van der Waals surface area contributed by atoms with Crippen LogP contribution in [-0.4, -0.2) is 26.8 Å². The van der Waals surface area contributed by atoms with Crippen LogP contribution in [0.2, 0.25) is 5.02 Å². The highest BCUT2D eigenvalue weighted by Crippen LogP contribution is 2.33. The zero-order chi connectivity index (χ0) is 24.2. The third-order valence-corrected chi connectivity index (χ3v) is 5.35. The Morgan fingerprint density at radius 2 is 1.74 bits per heavy atom. The second-order valence-electron chi connectivity index (χ2n) is 7.42. The number of nitrogens with zero attached hydrogens (tertiary/aromatic N) is 3. The molecule has 0 saturated carbocycles. The molecule has 8 heteroatoms. The van der Waals surface area contributed by atoms with E-state index in [2.05, 4.69) is 15.0 Å². The maximum Gasteiger partial charge on any atom is 0.335 e. The second-order valence-corrected chi connectivity index (χ2v) is 7.85. The number of aryl methyl sites for hydroxylation is 1. The normalized spacial score (nSPS) is 11.8. The molecule has 1 aromatic heterocycles. The smallest absolute Gasteiger partial charge is 0.335 e. The molecular formula is C26H18ClF2N3O2. The van der Waals surface area contributed by atoms with Crippen molar-refractivity contribution in [3.8, 4) is 11.3 Å². The quantitative estimate of drug-likeness (QED) is 0.377. The molecule has 0 unspecified atom stereocenters. The number of fused-ring (bicyclic) bond motifs is 3. The lowest BCUT2D eigenvalue weighted by Crippen LogP contribution is -2.08. The van der Waals surface area contributed by atoms with Crippen LogP contribution in [0.25, 0.3) is 11.3 Å². The summed E-state index contributed by atoms with van der Waals surface area (Å²) in [5.41, 5.74) is 3.72. The number of carbonyl (C=O) groups is 1. The highest BCUT2D eigenvalue weighted by Gasteiger charge is 2.23. The Kier molecular flexibility index (Phi) is 6.75. The van der Waals surface area contributed by atoms with Gasteiger partial charge in [0.15, 0.2) is 11.6 Å². The number of halogens is 3. The van der Waals surface area contributed by atoms with Gasteiger partial charge in [0.1, 0.15) is 5.82 Å². The molecule has 5 rings (SSSR count). The Balaban J connectivity index is 0.000000257. The average molecular weight is 478 g/mol. The molecule has 0 atom stereocenters. The van der Waals surface area contributed by atoms with Crippen molar-refractivity contribution < 1.29 is 18.7 Å². The van der Waals surface area contributed by atoms with Crippen LogP contribution in [0.1, 0.15) is 32.9 Å². The van der Waals surface area contributed by atoms with Gasteiger partial charge in [0.2, 0.25) is 0 Å². The van der Waals surface area contributed by atoms with Crippen molar-refractivity contribution >= 4 is 23.3 Å². The van der Waals surface area contributed by atoms with Gasteiger partial charge < -0.3 is 5.11 Å². The molecule has 0 radical (unpaired) electrons. The van der Waals surface area contributed by atoms with Gasteiger partial charge in [-0.3, -0.25) is 4.99 Å². The van der Waals surface area contributed by atoms with Crippen molar-refractivity contribution in [3.05, 3.63) is 118 Å². The third-order valence-electron chi connectivity index (χ3n) is 5.11. The Morgan fingerprint density at radius 1 is 0.971 bits per heavy atom. The summed E-state index contributed by atoms with van der Waals surface area (Å²) in [6.45, 7) is 2.07. The monoisotopic (exact) mass is 477 g/mol. The van der Waals surface area contributed by atoms with Gasteiger partial charge in [0.05, 0.1) is 23.5 Å². The number of aromatic nitrogens is 2. The topological polar surface area (TPSA) is 75.4 Å². The van der Waals surface area contributed by atoms with E-state index < -0.39 is 17.6 Å². The van der Waals surface area contributed by atoms with Gasteiger partial charge in [0.25, 0.3) is 0 Å². The summed E-state index contributed by atoms with van der Waals surface area (Å²) in [4.78, 5) is 23.5. The first-order chi connectivity index (χ1) is 16.3. The van der Waals surface area contributed by atoms with Gasteiger partial charge in [-0.25, -0.2) is 23.5 Å². The highest BCUT2D eigenvalue weighted by molar-refractivity contribution is 6.31. The molecule has 0 saturated heterocycles. The number of hydrogen-bond donors (Lipinski definition) is 1. The molecule has 5 nitrogen and oxygen atoms in total. The SMILES string of the molecule is Cc1ncc2c(n1)-c1ccc(Cl)cc1C(c1cccc(F)c1F)=NC2.O=C(O)c1ccccc1. The largest absolute Gasteiger partial charge is 0.478 e. The molecule has 0 bridgehead atoms. The number of aromatic carboxylic acids is 1. The van der Waals surface area contributed by atoms with Gasteiger partial charge in [-0.1, -0.05) is 41.9 Å². The van der Waals surface area contributed by atoms with Crippen LogP contribution in [0.5, 0.6) is 0 Å². The summed E-state index contributed by atoms with van der Waals surface area (Å²) in [5, 5.41) is 8.87. The van der Waals surface area contributed by atoms with Crippen LogP contribution < -0.4 is 0 Å². The van der Waals surface area contributed by atoms with E-state index in [1.165, 1.54) is 12.1 Å². The fraction of sp³-hybridized carbons (Fsp3) is 0.0769. The number of benzene rings is 3. The van der Waals surface area contributed by atoms with Gasteiger partial charge in [-0.15, -0.1) is 0 Å². The summed E-state index contributed by atoms with van der Waals surface area (Å²) < 4.78 is 28.1. The van der Waals surface area contributed by atoms with Gasteiger partial charge in [0, 0.05) is 33.5 Å². The molecular weight excluding hydrogens is 460 g/mol. The number of rotatable bonds is 2. The Morgan fingerprint density at radius 3 is 2.44 bits per heavy atom. The van der Waals surface area contributed by atoms with E-state index in [0.29, 0.717) is 27.7 Å². The van der Waals surface area contributed by atoms with Crippen LogP contribution in [-0.2, 0) is 6.54 Å². The van der Waals surface area contributed by atoms with Crippen LogP contribution in [0.3, 0.4) is 0 Å². The first-order valence-electron chi connectivity index (χ1n) is 10.2. The molecule has 170 valence electrons. The molecule has 34 heavy (non-hydrogen) atoms. The van der Waals surface area contributed by atoms with Crippen LogP contribution in [0.15, 0.2) is 77.9 Å². The first kappa shape index (κ1) is 23.2. The van der Waals surface area contributed by atoms with E-state index in [-0.39, 0.29) is 12.1 Å². The maximum absolute atomic E-state index is 14.4. The van der Waals surface area contributed by atoms with Crippen molar-refractivity contribution in [1.29, 1.82) is 0 Å². The highest BCUT2D eigenvalue weighted by atomic mass is 35.5. The maximum atomic E-state index is 14.4. The second kappa shape index (κ2) is 9.89. The summed E-state index contributed by atoms with van der Waals surface area (Å²) >= 11 is 6.16. The number of aliphatic imine (C=N–C) groups is 1. The van der Waals surface area contributed by atoms with Gasteiger partial charge >= 0.3 is 5.97 Å². The van der Waals surface area contributed by atoms with Crippen molar-refractivity contribution in [2.75, 3.05) is 0 Å². The standard InChI is InChI=1S/C19H12ClF2N3.C7H6O2/c1-10-23-8-11-9-24-19(14-3-2-4-16(21)17(14)22)15-7-12(20)5-6-13(15)18(11)25-10;8-7(9)6-4-2-1-3-5-6/h2-8H,9H2,1H3;1-5H,(H,8,9). The zero-order valence-electron chi connectivity index (χ0n) is 18.0. The van der Waals surface area contributed by atoms with E-state index in [1.54, 1.807) is 55.6 Å². The first-order valence-corrected chi connectivity index (χ1v) is 10.6.